The molecule has 1 aromatic carbocycles. The van der Waals surface area contributed by atoms with Crippen LogP contribution in [0.1, 0.15) is 32.3 Å². The molecule has 0 radical (unpaired) electrons. The summed E-state index contributed by atoms with van der Waals surface area (Å²) >= 11 is 5.56. The third kappa shape index (κ3) is 5.74. The Morgan fingerprint density at radius 1 is 1.30 bits per heavy atom. The number of halogens is 4. The van der Waals surface area contributed by atoms with Crippen LogP contribution in [0.5, 0.6) is 0 Å². The van der Waals surface area contributed by atoms with E-state index in [1.807, 2.05) is 6.92 Å². The number of nitrogens with zero attached hydrogens (tertiary/aromatic N) is 1. The standard InChI is InChI=1S/C15H18ClF3N2O2/c1-3-7-20-14(23)6-8-21(10(2)22)11-4-5-13(16)12(9-11)15(17,18)19/h4-5,9H,3,6-8H2,1-2H3,(H,20,23). The Morgan fingerprint density at radius 3 is 2.48 bits per heavy atom. The molecule has 0 atom stereocenters. The highest BCUT2D eigenvalue weighted by Gasteiger charge is 2.34. The van der Waals surface area contributed by atoms with Crippen molar-refractivity contribution in [1.29, 1.82) is 0 Å². The van der Waals surface area contributed by atoms with Gasteiger partial charge in [-0.25, -0.2) is 0 Å². The van der Waals surface area contributed by atoms with E-state index in [1.165, 1.54) is 13.0 Å². The van der Waals surface area contributed by atoms with Gasteiger partial charge in [0.05, 0.1) is 10.6 Å². The van der Waals surface area contributed by atoms with Crippen LogP contribution < -0.4 is 10.2 Å². The molecule has 2 amide bonds. The molecule has 0 aliphatic carbocycles. The fraction of sp³-hybridized carbons (Fsp3) is 0.467. The maximum absolute atomic E-state index is 12.9. The van der Waals surface area contributed by atoms with Gasteiger partial charge in [0.2, 0.25) is 11.8 Å². The fourth-order valence-corrected chi connectivity index (χ4v) is 2.16. The summed E-state index contributed by atoms with van der Waals surface area (Å²) in [5.74, 6) is -0.716. The van der Waals surface area contributed by atoms with Crippen LogP contribution in [0.25, 0.3) is 0 Å². The van der Waals surface area contributed by atoms with Gasteiger partial charge >= 0.3 is 6.18 Å². The monoisotopic (exact) mass is 350 g/mol. The lowest BCUT2D eigenvalue weighted by Crippen LogP contribution is -2.34. The van der Waals surface area contributed by atoms with Gasteiger partial charge in [-0.2, -0.15) is 13.2 Å². The number of alkyl halides is 3. The zero-order valence-electron chi connectivity index (χ0n) is 12.8. The van der Waals surface area contributed by atoms with Gasteiger partial charge in [0.25, 0.3) is 0 Å². The summed E-state index contributed by atoms with van der Waals surface area (Å²) in [6.45, 7) is 3.63. The lowest BCUT2D eigenvalue weighted by atomic mass is 10.1. The molecule has 0 heterocycles. The molecular weight excluding hydrogens is 333 g/mol. The van der Waals surface area contributed by atoms with E-state index >= 15 is 0 Å². The van der Waals surface area contributed by atoms with Crippen LogP contribution in [0, 0.1) is 0 Å². The molecule has 1 aromatic rings. The van der Waals surface area contributed by atoms with Gasteiger partial charge in [-0.3, -0.25) is 9.59 Å². The predicted octanol–water partition coefficient (Wildman–Crippen LogP) is 3.63. The van der Waals surface area contributed by atoms with Gasteiger partial charge in [-0.1, -0.05) is 18.5 Å². The maximum atomic E-state index is 12.9. The molecule has 128 valence electrons. The summed E-state index contributed by atoms with van der Waals surface area (Å²) in [7, 11) is 0. The molecule has 1 N–H and O–H groups in total. The minimum Gasteiger partial charge on any atom is -0.356 e. The molecule has 23 heavy (non-hydrogen) atoms. The van der Waals surface area contributed by atoms with Crippen LogP contribution in [-0.4, -0.2) is 24.9 Å². The summed E-state index contributed by atoms with van der Waals surface area (Å²) < 4.78 is 38.7. The van der Waals surface area contributed by atoms with Crippen molar-refractivity contribution in [3.8, 4) is 0 Å². The van der Waals surface area contributed by atoms with E-state index in [0.29, 0.717) is 6.54 Å². The van der Waals surface area contributed by atoms with Gasteiger partial charge in [0.1, 0.15) is 0 Å². The molecule has 0 aromatic heterocycles. The zero-order chi connectivity index (χ0) is 17.6. The van der Waals surface area contributed by atoms with Crippen molar-refractivity contribution in [1.82, 2.24) is 5.32 Å². The van der Waals surface area contributed by atoms with Gasteiger partial charge in [0, 0.05) is 32.1 Å². The number of carbonyl (C=O) groups excluding carboxylic acids is 2. The zero-order valence-corrected chi connectivity index (χ0v) is 13.6. The number of nitrogens with one attached hydrogen (secondary N) is 1. The van der Waals surface area contributed by atoms with Crippen LogP contribution in [0.2, 0.25) is 5.02 Å². The molecule has 0 unspecified atom stereocenters. The van der Waals surface area contributed by atoms with Crippen molar-refractivity contribution in [2.24, 2.45) is 0 Å². The molecule has 8 heteroatoms. The predicted molar refractivity (Wildman–Crippen MR) is 82.4 cm³/mol. The number of carbonyl (C=O) groups is 2. The second-order valence-electron chi connectivity index (χ2n) is 4.93. The normalized spacial score (nSPS) is 11.2. The molecule has 4 nitrogen and oxygen atoms in total. The largest absolute Gasteiger partial charge is 0.417 e. The second kappa shape index (κ2) is 8.19. The molecule has 0 aliphatic rings. The highest BCUT2D eigenvalue weighted by atomic mass is 35.5. The van der Waals surface area contributed by atoms with E-state index in [4.69, 9.17) is 11.6 Å². The molecule has 1 rings (SSSR count). The first-order valence-corrected chi connectivity index (χ1v) is 7.46. The third-order valence-electron chi connectivity index (χ3n) is 3.08. The van der Waals surface area contributed by atoms with E-state index < -0.39 is 22.7 Å². The maximum Gasteiger partial charge on any atom is 0.417 e. The SMILES string of the molecule is CCCNC(=O)CCN(C(C)=O)c1ccc(Cl)c(C(F)(F)F)c1. The van der Waals surface area contributed by atoms with E-state index in [-0.39, 0.29) is 24.6 Å². The Bertz CT molecular complexity index is 576. The first kappa shape index (κ1) is 19.3. The topological polar surface area (TPSA) is 49.4 Å². The summed E-state index contributed by atoms with van der Waals surface area (Å²) in [6.07, 6.45) is -3.84. The summed E-state index contributed by atoms with van der Waals surface area (Å²) in [5, 5.41) is 2.21. The van der Waals surface area contributed by atoms with Gasteiger partial charge in [-0.05, 0) is 24.6 Å². The highest BCUT2D eigenvalue weighted by molar-refractivity contribution is 6.31. The molecule has 0 spiro atoms. The average Bonchev–Trinajstić information content (AvgIpc) is 2.45. The average molecular weight is 351 g/mol. The number of amides is 2. The first-order chi connectivity index (χ1) is 10.7. The van der Waals surface area contributed by atoms with Crippen molar-refractivity contribution in [2.45, 2.75) is 32.9 Å². The van der Waals surface area contributed by atoms with E-state index in [0.717, 1.165) is 23.5 Å². The minimum absolute atomic E-state index is 0.00353. The molecule has 0 fully saturated rings. The van der Waals surface area contributed by atoms with Crippen LogP contribution in [-0.2, 0) is 15.8 Å². The van der Waals surface area contributed by atoms with Crippen molar-refractivity contribution >= 4 is 29.1 Å². The second-order valence-corrected chi connectivity index (χ2v) is 5.34. The summed E-state index contributed by atoms with van der Waals surface area (Å²) in [5.41, 5.74) is -0.962. The highest BCUT2D eigenvalue weighted by Crippen LogP contribution is 2.37. The first-order valence-electron chi connectivity index (χ1n) is 7.08. The Hall–Kier alpha value is -1.76. The lowest BCUT2D eigenvalue weighted by Gasteiger charge is -2.22. The summed E-state index contributed by atoms with van der Waals surface area (Å²) in [4.78, 5) is 24.4. The molecule has 0 saturated carbocycles. The number of hydrogen-bond donors (Lipinski definition) is 1. The van der Waals surface area contributed by atoms with E-state index in [2.05, 4.69) is 5.32 Å². The number of hydrogen-bond acceptors (Lipinski definition) is 2. The Balaban J connectivity index is 2.94. The lowest BCUT2D eigenvalue weighted by molar-refractivity contribution is -0.137. The van der Waals surface area contributed by atoms with Crippen molar-refractivity contribution in [3.63, 3.8) is 0 Å². The van der Waals surface area contributed by atoms with Crippen molar-refractivity contribution in [2.75, 3.05) is 18.0 Å². The fourth-order valence-electron chi connectivity index (χ4n) is 1.93. The Kier molecular flexibility index (Phi) is 6.87. The molecule has 0 saturated heterocycles. The van der Waals surface area contributed by atoms with E-state index in [9.17, 15) is 22.8 Å². The third-order valence-corrected chi connectivity index (χ3v) is 3.41. The number of rotatable bonds is 6. The summed E-state index contributed by atoms with van der Waals surface area (Å²) in [6, 6.07) is 3.23. The van der Waals surface area contributed by atoms with Gasteiger partial charge in [0.15, 0.2) is 0 Å². The number of anilines is 1. The molecular formula is C15H18ClF3N2O2. The van der Waals surface area contributed by atoms with Crippen LogP contribution in [0.4, 0.5) is 18.9 Å². The van der Waals surface area contributed by atoms with Crippen molar-refractivity contribution < 1.29 is 22.8 Å². The smallest absolute Gasteiger partial charge is 0.356 e. The molecule has 0 bridgehead atoms. The van der Waals surface area contributed by atoms with Crippen LogP contribution in [0.15, 0.2) is 18.2 Å². The molecule has 0 aliphatic heterocycles. The minimum atomic E-state index is -4.62. The van der Waals surface area contributed by atoms with Crippen LogP contribution in [0.3, 0.4) is 0 Å². The number of benzene rings is 1. The van der Waals surface area contributed by atoms with Crippen LogP contribution >= 0.6 is 11.6 Å². The van der Waals surface area contributed by atoms with Gasteiger partial charge in [-0.15, -0.1) is 0 Å². The van der Waals surface area contributed by atoms with Crippen molar-refractivity contribution in [3.05, 3.63) is 28.8 Å². The van der Waals surface area contributed by atoms with E-state index in [1.54, 1.807) is 0 Å². The Morgan fingerprint density at radius 2 is 1.96 bits per heavy atom. The Labute approximate surface area is 137 Å². The quantitative estimate of drug-likeness (QED) is 0.851. The van der Waals surface area contributed by atoms with Gasteiger partial charge < -0.3 is 10.2 Å².